The topological polar surface area (TPSA) is 111 Å². The number of ether oxygens (including phenoxy) is 2. The lowest BCUT2D eigenvalue weighted by molar-refractivity contribution is -0.138. The number of carboxylic acids is 1. The summed E-state index contributed by atoms with van der Waals surface area (Å²) in [6.07, 6.45) is 3.12. The highest BCUT2D eigenvalue weighted by molar-refractivity contribution is 7.20. The molecule has 27 heavy (non-hydrogen) atoms. The molecule has 8 nitrogen and oxygen atoms in total. The van der Waals surface area contributed by atoms with Gasteiger partial charge < -0.3 is 19.9 Å². The number of hydrogen-bond donors (Lipinski definition) is 2. The molecule has 2 aromatic rings. The lowest BCUT2D eigenvalue weighted by Gasteiger charge is -2.28. The molecule has 0 spiro atoms. The van der Waals surface area contributed by atoms with Crippen LogP contribution in [0.2, 0.25) is 0 Å². The first-order chi connectivity index (χ1) is 12.9. The van der Waals surface area contributed by atoms with E-state index in [2.05, 4.69) is 15.3 Å². The second-order valence-electron chi connectivity index (χ2n) is 6.83. The Labute approximate surface area is 160 Å². The molecule has 1 aliphatic carbocycles. The minimum Gasteiger partial charge on any atom is -0.481 e. The van der Waals surface area contributed by atoms with Crippen LogP contribution in [0.4, 0.5) is 0 Å². The van der Waals surface area contributed by atoms with E-state index in [1.54, 1.807) is 7.11 Å². The first kappa shape index (κ1) is 19.5. The van der Waals surface area contributed by atoms with Crippen LogP contribution < -0.4 is 10.1 Å². The number of carbonyl (C=O) groups excluding carboxylic acids is 1. The third-order valence-electron chi connectivity index (χ3n) is 4.91. The molecule has 2 N–H and O–H groups in total. The fourth-order valence-electron chi connectivity index (χ4n) is 3.69. The zero-order chi connectivity index (χ0) is 19.6. The molecule has 146 valence electrons. The maximum atomic E-state index is 13.0. The Morgan fingerprint density at radius 3 is 2.56 bits per heavy atom. The monoisotopic (exact) mass is 393 g/mol. The van der Waals surface area contributed by atoms with E-state index >= 15 is 0 Å². The first-order valence-electron chi connectivity index (χ1n) is 8.76. The van der Waals surface area contributed by atoms with Gasteiger partial charge in [-0.2, -0.15) is 4.98 Å². The average molecular weight is 393 g/mol. The summed E-state index contributed by atoms with van der Waals surface area (Å²) in [7, 11) is 3.08. The summed E-state index contributed by atoms with van der Waals surface area (Å²) < 4.78 is 10.5. The van der Waals surface area contributed by atoms with E-state index in [1.165, 1.54) is 18.4 Å². The summed E-state index contributed by atoms with van der Waals surface area (Å²) in [5, 5.41) is 12.9. The Balaban J connectivity index is 1.97. The summed E-state index contributed by atoms with van der Waals surface area (Å²) in [4.78, 5) is 34.2. The number of fused-ring (bicyclic) bond motifs is 1. The van der Waals surface area contributed by atoms with Gasteiger partial charge in [0.25, 0.3) is 5.91 Å². The van der Waals surface area contributed by atoms with Crippen molar-refractivity contribution >= 4 is 33.4 Å². The van der Waals surface area contributed by atoms with Crippen molar-refractivity contribution in [3.63, 3.8) is 0 Å². The average Bonchev–Trinajstić information content (AvgIpc) is 3.19. The van der Waals surface area contributed by atoms with Gasteiger partial charge in [0.2, 0.25) is 5.88 Å². The number of amides is 1. The summed E-state index contributed by atoms with van der Waals surface area (Å²) in [6, 6.07) is 0. The Morgan fingerprint density at radius 1 is 1.26 bits per heavy atom. The van der Waals surface area contributed by atoms with Gasteiger partial charge in [-0.25, -0.2) is 4.98 Å². The van der Waals surface area contributed by atoms with Crippen molar-refractivity contribution in [2.45, 2.75) is 51.2 Å². The molecule has 2 aromatic heterocycles. The number of nitrogens with zero attached hydrogens (tertiary/aromatic N) is 2. The Morgan fingerprint density at radius 2 is 1.96 bits per heavy atom. The van der Waals surface area contributed by atoms with Crippen molar-refractivity contribution in [2.75, 3.05) is 14.2 Å². The molecule has 1 fully saturated rings. The van der Waals surface area contributed by atoms with Crippen molar-refractivity contribution in [3.05, 3.63) is 16.3 Å². The molecule has 1 aliphatic rings. The number of carbonyl (C=O) groups is 2. The zero-order valence-electron chi connectivity index (χ0n) is 15.6. The SMILES string of the molecule is COCc1nc(OC)c2c(C)c(C(=O)NC3(CC(=O)O)CCCC3)sc2n1. The number of aryl methyl sites for hydroxylation is 1. The molecule has 0 atom stereocenters. The molecular formula is C18H23N3O5S. The fraction of sp³-hybridized carbons (Fsp3) is 0.556. The summed E-state index contributed by atoms with van der Waals surface area (Å²) in [5.74, 6) is -0.287. The van der Waals surface area contributed by atoms with Crippen LogP contribution in [-0.2, 0) is 16.1 Å². The normalized spacial score (nSPS) is 15.8. The number of hydrogen-bond acceptors (Lipinski definition) is 7. The van der Waals surface area contributed by atoms with Crippen LogP contribution in [-0.4, -0.2) is 46.7 Å². The third kappa shape index (κ3) is 3.89. The lowest BCUT2D eigenvalue weighted by Crippen LogP contribution is -2.47. The van der Waals surface area contributed by atoms with Crippen LogP contribution in [0, 0.1) is 6.92 Å². The summed E-state index contributed by atoms with van der Waals surface area (Å²) in [6.45, 7) is 2.07. The van der Waals surface area contributed by atoms with E-state index in [0.29, 0.717) is 39.6 Å². The largest absolute Gasteiger partial charge is 0.481 e. The minimum atomic E-state index is -0.901. The number of methoxy groups -OCH3 is 2. The molecule has 0 radical (unpaired) electrons. The molecule has 0 bridgehead atoms. The fourth-order valence-corrected chi connectivity index (χ4v) is 4.77. The Bertz CT molecular complexity index is 873. The minimum absolute atomic E-state index is 0.0657. The maximum absolute atomic E-state index is 13.0. The highest BCUT2D eigenvalue weighted by atomic mass is 32.1. The van der Waals surface area contributed by atoms with E-state index in [1.807, 2.05) is 6.92 Å². The first-order valence-corrected chi connectivity index (χ1v) is 9.58. The van der Waals surface area contributed by atoms with Crippen LogP contribution in [0.3, 0.4) is 0 Å². The number of nitrogens with one attached hydrogen (secondary N) is 1. The van der Waals surface area contributed by atoms with Gasteiger partial charge in [-0.3, -0.25) is 9.59 Å². The number of aliphatic carboxylic acids is 1. The van der Waals surface area contributed by atoms with Crippen LogP contribution in [0.15, 0.2) is 0 Å². The molecule has 0 unspecified atom stereocenters. The third-order valence-corrected chi connectivity index (χ3v) is 6.09. The van der Waals surface area contributed by atoms with E-state index < -0.39 is 11.5 Å². The van der Waals surface area contributed by atoms with Gasteiger partial charge in [0.1, 0.15) is 11.4 Å². The Hall–Kier alpha value is -2.26. The van der Waals surface area contributed by atoms with Gasteiger partial charge >= 0.3 is 5.97 Å². The van der Waals surface area contributed by atoms with E-state index in [9.17, 15) is 14.7 Å². The van der Waals surface area contributed by atoms with Crippen molar-refractivity contribution in [3.8, 4) is 5.88 Å². The maximum Gasteiger partial charge on any atom is 0.305 e. The number of rotatable bonds is 7. The van der Waals surface area contributed by atoms with Crippen molar-refractivity contribution in [1.82, 2.24) is 15.3 Å². The standard InChI is InChI=1S/C18H23N3O5S/c1-10-13-16(26-3)19-11(9-25-2)20-17(13)27-14(10)15(24)21-18(8-12(22)23)6-4-5-7-18/h4-9H2,1-3H3,(H,21,24)(H,22,23). The van der Waals surface area contributed by atoms with E-state index in [0.717, 1.165) is 18.4 Å². The van der Waals surface area contributed by atoms with E-state index in [4.69, 9.17) is 9.47 Å². The predicted octanol–water partition coefficient (Wildman–Crippen LogP) is 2.67. The quantitative estimate of drug-likeness (QED) is 0.744. The molecule has 1 saturated carbocycles. The van der Waals surface area contributed by atoms with Gasteiger partial charge in [-0.1, -0.05) is 12.8 Å². The molecule has 9 heteroatoms. The van der Waals surface area contributed by atoms with Crippen LogP contribution in [0.25, 0.3) is 10.2 Å². The zero-order valence-corrected chi connectivity index (χ0v) is 16.4. The molecule has 1 amide bonds. The van der Waals surface area contributed by atoms with Crippen LogP contribution >= 0.6 is 11.3 Å². The summed E-state index contributed by atoms with van der Waals surface area (Å²) >= 11 is 1.26. The van der Waals surface area contributed by atoms with Gasteiger partial charge in [0.05, 0.1) is 29.3 Å². The molecule has 2 heterocycles. The number of carboxylic acid groups (broad SMARTS) is 1. The summed E-state index contributed by atoms with van der Waals surface area (Å²) in [5.41, 5.74) is 0.0551. The van der Waals surface area contributed by atoms with Crippen molar-refractivity contribution in [2.24, 2.45) is 0 Å². The van der Waals surface area contributed by atoms with Crippen LogP contribution in [0.5, 0.6) is 5.88 Å². The smallest absolute Gasteiger partial charge is 0.305 e. The van der Waals surface area contributed by atoms with Gasteiger partial charge in [-0.15, -0.1) is 11.3 Å². The van der Waals surface area contributed by atoms with Crippen LogP contribution in [0.1, 0.15) is 53.2 Å². The van der Waals surface area contributed by atoms with Gasteiger partial charge in [0, 0.05) is 7.11 Å². The lowest BCUT2D eigenvalue weighted by atomic mass is 9.93. The number of aromatic nitrogens is 2. The molecule has 3 rings (SSSR count). The highest BCUT2D eigenvalue weighted by Gasteiger charge is 2.38. The molecular weight excluding hydrogens is 370 g/mol. The van der Waals surface area contributed by atoms with E-state index in [-0.39, 0.29) is 18.9 Å². The number of thiophene rings is 1. The highest BCUT2D eigenvalue weighted by Crippen LogP contribution is 2.37. The van der Waals surface area contributed by atoms with Gasteiger partial charge in [0.15, 0.2) is 5.82 Å². The van der Waals surface area contributed by atoms with Crippen molar-refractivity contribution < 1.29 is 24.2 Å². The second-order valence-corrected chi connectivity index (χ2v) is 7.83. The molecule has 0 aliphatic heterocycles. The second kappa shape index (κ2) is 7.77. The predicted molar refractivity (Wildman–Crippen MR) is 100 cm³/mol. The molecule has 0 saturated heterocycles. The van der Waals surface area contributed by atoms with Gasteiger partial charge in [-0.05, 0) is 25.3 Å². The molecule has 0 aromatic carbocycles. The Kier molecular flexibility index (Phi) is 5.61. The van der Waals surface area contributed by atoms with Crippen molar-refractivity contribution in [1.29, 1.82) is 0 Å².